The fourth-order valence-electron chi connectivity index (χ4n) is 2.91. The van der Waals surface area contributed by atoms with Crippen LogP contribution >= 0.6 is 0 Å². The molecule has 0 saturated carbocycles. The number of hydrogen-bond acceptors (Lipinski definition) is 3. The summed E-state index contributed by atoms with van der Waals surface area (Å²) in [7, 11) is 0. The molecule has 21 heavy (non-hydrogen) atoms. The van der Waals surface area contributed by atoms with Gasteiger partial charge in [0.05, 0.1) is 6.42 Å². The van der Waals surface area contributed by atoms with Gasteiger partial charge < -0.3 is 15.3 Å². The van der Waals surface area contributed by atoms with Crippen LogP contribution in [0.4, 0.5) is 0 Å². The summed E-state index contributed by atoms with van der Waals surface area (Å²) in [4.78, 5) is 36.5. The first kappa shape index (κ1) is 17.5. The third kappa shape index (κ3) is 5.73. The smallest absolute Gasteiger partial charge is 0.305 e. The van der Waals surface area contributed by atoms with Crippen molar-refractivity contribution in [1.29, 1.82) is 0 Å². The zero-order valence-corrected chi connectivity index (χ0v) is 13.3. The second-order valence-electron chi connectivity index (χ2n) is 7.07. The third-order valence-corrected chi connectivity index (χ3v) is 3.50. The number of nitrogens with zero attached hydrogens (tertiary/aromatic N) is 1. The highest BCUT2D eigenvalue weighted by Gasteiger charge is 2.35. The molecule has 120 valence electrons. The Morgan fingerprint density at radius 2 is 2.05 bits per heavy atom. The minimum Gasteiger partial charge on any atom is -0.481 e. The van der Waals surface area contributed by atoms with Crippen molar-refractivity contribution in [2.24, 2.45) is 11.3 Å². The molecule has 2 amide bonds. The number of amides is 2. The average Bonchev–Trinajstić information content (AvgIpc) is 2.28. The van der Waals surface area contributed by atoms with Gasteiger partial charge in [0.2, 0.25) is 11.8 Å². The zero-order chi connectivity index (χ0) is 16.2. The number of piperazine rings is 1. The molecule has 0 spiro atoms. The number of carboxylic acid groups (broad SMARTS) is 1. The van der Waals surface area contributed by atoms with Crippen LogP contribution in [-0.2, 0) is 14.4 Å². The van der Waals surface area contributed by atoms with Crippen LogP contribution < -0.4 is 5.32 Å². The predicted molar refractivity (Wildman–Crippen MR) is 78.6 cm³/mol. The van der Waals surface area contributed by atoms with Crippen molar-refractivity contribution in [3.8, 4) is 0 Å². The first-order chi connectivity index (χ1) is 9.60. The van der Waals surface area contributed by atoms with Crippen molar-refractivity contribution in [1.82, 2.24) is 10.2 Å². The average molecular weight is 298 g/mol. The molecule has 1 aliphatic heterocycles. The maximum Gasteiger partial charge on any atom is 0.305 e. The van der Waals surface area contributed by atoms with E-state index in [-0.39, 0.29) is 29.6 Å². The second-order valence-corrected chi connectivity index (χ2v) is 7.07. The molecule has 2 atom stereocenters. The van der Waals surface area contributed by atoms with Gasteiger partial charge in [0.1, 0.15) is 6.04 Å². The Balaban J connectivity index is 2.69. The van der Waals surface area contributed by atoms with Gasteiger partial charge in [0, 0.05) is 19.5 Å². The topological polar surface area (TPSA) is 86.7 Å². The van der Waals surface area contributed by atoms with Gasteiger partial charge in [-0.15, -0.1) is 0 Å². The minimum atomic E-state index is -1.07. The molecule has 2 unspecified atom stereocenters. The van der Waals surface area contributed by atoms with Crippen molar-refractivity contribution in [3.63, 3.8) is 0 Å². The van der Waals surface area contributed by atoms with Crippen molar-refractivity contribution < 1.29 is 19.5 Å². The van der Waals surface area contributed by atoms with Gasteiger partial charge in [-0.1, -0.05) is 27.7 Å². The molecule has 0 bridgehead atoms. The number of hydrogen-bond donors (Lipinski definition) is 2. The van der Waals surface area contributed by atoms with E-state index >= 15 is 0 Å². The van der Waals surface area contributed by atoms with Crippen LogP contribution in [0, 0.1) is 11.3 Å². The Bertz CT molecular complexity index is 414. The third-order valence-electron chi connectivity index (χ3n) is 3.50. The first-order valence-corrected chi connectivity index (χ1v) is 7.39. The van der Waals surface area contributed by atoms with E-state index in [1.165, 1.54) is 4.90 Å². The summed E-state index contributed by atoms with van der Waals surface area (Å²) in [5.74, 6) is -1.38. The van der Waals surface area contributed by atoms with Crippen molar-refractivity contribution in [3.05, 3.63) is 0 Å². The highest BCUT2D eigenvalue weighted by molar-refractivity contribution is 5.91. The summed E-state index contributed by atoms with van der Waals surface area (Å²) in [6, 6.07) is -0.884. The van der Waals surface area contributed by atoms with Crippen molar-refractivity contribution >= 4 is 17.8 Å². The van der Waals surface area contributed by atoms with Gasteiger partial charge in [0.15, 0.2) is 0 Å². The van der Waals surface area contributed by atoms with E-state index in [0.717, 1.165) is 6.42 Å². The summed E-state index contributed by atoms with van der Waals surface area (Å²) in [5, 5.41) is 11.5. The summed E-state index contributed by atoms with van der Waals surface area (Å²) in [5.41, 5.74) is 0.138. The number of nitrogens with one attached hydrogen (secondary N) is 1. The number of aliphatic carboxylic acids is 1. The highest BCUT2D eigenvalue weighted by Crippen LogP contribution is 2.26. The highest BCUT2D eigenvalue weighted by atomic mass is 16.4. The summed E-state index contributed by atoms with van der Waals surface area (Å²) < 4.78 is 0. The van der Waals surface area contributed by atoms with E-state index in [1.54, 1.807) is 0 Å². The van der Waals surface area contributed by atoms with E-state index in [4.69, 9.17) is 5.11 Å². The van der Waals surface area contributed by atoms with E-state index in [0.29, 0.717) is 19.5 Å². The van der Waals surface area contributed by atoms with Gasteiger partial charge in [-0.25, -0.2) is 0 Å². The fraction of sp³-hybridized carbons (Fsp3) is 0.800. The number of carbonyl (C=O) groups is 3. The summed E-state index contributed by atoms with van der Waals surface area (Å²) in [6.07, 6.45) is 0.911. The van der Waals surface area contributed by atoms with Crippen molar-refractivity contribution in [2.75, 3.05) is 13.1 Å². The molecule has 0 radical (unpaired) electrons. The van der Waals surface area contributed by atoms with Crippen LogP contribution in [0.3, 0.4) is 0 Å². The number of rotatable bonds is 5. The normalized spacial score (nSPS) is 20.9. The fourth-order valence-corrected chi connectivity index (χ4v) is 2.91. The molecular formula is C15H26N2O4. The van der Waals surface area contributed by atoms with Crippen LogP contribution in [-0.4, -0.2) is 46.9 Å². The van der Waals surface area contributed by atoms with E-state index in [1.807, 2.05) is 6.92 Å². The van der Waals surface area contributed by atoms with Crippen LogP contribution in [0.1, 0.15) is 47.0 Å². The molecule has 6 nitrogen and oxygen atoms in total. The Kier molecular flexibility index (Phi) is 5.75. The zero-order valence-electron chi connectivity index (χ0n) is 13.3. The molecule has 0 aromatic rings. The lowest BCUT2D eigenvalue weighted by Crippen LogP contribution is -2.58. The van der Waals surface area contributed by atoms with Crippen LogP contribution in [0.25, 0.3) is 0 Å². The molecule has 0 aliphatic carbocycles. The van der Waals surface area contributed by atoms with E-state index < -0.39 is 12.0 Å². The molecule has 0 aromatic carbocycles. The lowest BCUT2D eigenvalue weighted by atomic mass is 9.84. The van der Waals surface area contributed by atoms with Crippen molar-refractivity contribution in [2.45, 2.75) is 53.0 Å². The van der Waals surface area contributed by atoms with E-state index in [9.17, 15) is 14.4 Å². The Hall–Kier alpha value is -1.59. The Morgan fingerprint density at radius 3 is 2.57 bits per heavy atom. The number of carbonyl (C=O) groups excluding carboxylic acids is 2. The van der Waals surface area contributed by atoms with Gasteiger partial charge in [-0.3, -0.25) is 14.4 Å². The molecular weight excluding hydrogens is 272 g/mol. The Morgan fingerprint density at radius 1 is 1.43 bits per heavy atom. The van der Waals surface area contributed by atoms with Crippen LogP contribution in [0.15, 0.2) is 0 Å². The molecule has 1 aliphatic rings. The second kappa shape index (κ2) is 6.91. The Labute approximate surface area is 125 Å². The quantitative estimate of drug-likeness (QED) is 0.799. The largest absolute Gasteiger partial charge is 0.481 e. The molecule has 1 saturated heterocycles. The molecule has 2 N–H and O–H groups in total. The monoisotopic (exact) mass is 298 g/mol. The van der Waals surface area contributed by atoms with Gasteiger partial charge in [-0.2, -0.15) is 0 Å². The molecule has 1 fully saturated rings. The molecule has 1 heterocycles. The predicted octanol–water partition coefficient (Wildman–Crippen LogP) is 1.25. The SMILES string of the molecule is CC(CC(=O)N1CCNC(=O)C1CC(=O)O)CC(C)(C)C. The maximum atomic E-state index is 12.4. The maximum absolute atomic E-state index is 12.4. The molecule has 0 aromatic heterocycles. The standard InChI is InChI=1S/C15H26N2O4/c1-10(9-15(2,3)4)7-12(18)17-6-5-16-14(21)11(17)8-13(19)20/h10-11H,5-9H2,1-4H3,(H,16,21)(H,19,20). The number of carboxylic acids is 1. The molecule has 1 rings (SSSR count). The summed E-state index contributed by atoms with van der Waals surface area (Å²) in [6.45, 7) is 9.14. The van der Waals surface area contributed by atoms with Gasteiger partial charge in [0.25, 0.3) is 0 Å². The lowest BCUT2D eigenvalue weighted by molar-refractivity contribution is -0.149. The molecule has 6 heteroatoms. The van der Waals surface area contributed by atoms with Crippen LogP contribution in [0.2, 0.25) is 0 Å². The summed E-state index contributed by atoms with van der Waals surface area (Å²) >= 11 is 0. The van der Waals surface area contributed by atoms with Gasteiger partial charge in [-0.05, 0) is 17.8 Å². The van der Waals surface area contributed by atoms with E-state index in [2.05, 4.69) is 26.1 Å². The first-order valence-electron chi connectivity index (χ1n) is 7.39. The van der Waals surface area contributed by atoms with Gasteiger partial charge >= 0.3 is 5.97 Å². The van der Waals surface area contributed by atoms with Crippen LogP contribution in [0.5, 0.6) is 0 Å². The lowest BCUT2D eigenvalue weighted by Gasteiger charge is -2.35. The minimum absolute atomic E-state index is 0.132.